The number of hydrogen-bond acceptors (Lipinski definition) is 5. The number of anilines is 1. The van der Waals surface area contributed by atoms with Gasteiger partial charge in [-0.25, -0.2) is 9.97 Å². The number of amides is 1. The second-order valence-electron chi connectivity index (χ2n) is 5.44. The SMILES string of the molecule is CCN1CC(Nc2cc(C)nc(-c3cccnc3)n2)CC1=O. The first kappa shape index (κ1) is 14.4. The zero-order valence-electron chi connectivity index (χ0n) is 12.8. The molecular formula is C16H19N5O. The number of carbonyl (C=O) groups excluding carboxylic acids is 1. The topological polar surface area (TPSA) is 71.0 Å². The predicted octanol–water partition coefficient (Wildman–Crippen LogP) is 1.88. The second-order valence-corrected chi connectivity index (χ2v) is 5.44. The molecule has 0 spiro atoms. The predicted molar refractivity (Wildman–Crippen MR) is 84.3 cm³/mol. The molecule has 2 aromatic rings. The van der Waals surface area contributed by atoms with Crippen LogP contribution in [-0.4, -0.2) is 44.9 Å². The molecule has 0 bridgehead atoms. The average molecular weight is 297 g/mol. The molecule has 1 fully saturated rings. The van der Waals surface area contributed by atoms with Gasteiger partial charge < -0.3 is 10.2 Å². The van der Waals surface area contributed by atoms with Gasteiger partial charge in [-0.1, -0.05) is 0 Å². The minimum Gasteiger partial charge on any atom is -0.365 e. The van der Waals surface area contributed by atoms with E-state index < -0.39 is 0 Å². The summed E-state index contributed by atoms with van der Waals surface area (Å²) >= 11 is 0. The summed E-state index contributed by atoms with van der Waals surface area (Å²) in [4.78, 5) is 26.8. The molecule has 1 unspecified atom stereocenters. The van der Waals surface area contributed by atoms with Crippen LogP contribution in [0.15, 0.2) is 30.6 Å². The zero-order chi connectivity index (χ0) is 15.5. The first-order valence-electron chi connectivity index (χ1n) is 7.46. The average Bonchev–Trinajstić information content (AvgIpc) is 2.87. The molecule has 1 amide bonds. The van der Waals surface area contributed by atoms with Crippen LogP contribution >= 0.6 is 0 Å². The highest BCUT2D eigenvalue weighted by Crippen LogP contribution is 2.19. The van der Waals surface area contributed by atoms with Crippen molar-refractivity contribution in [2.75, 3.05) is 18.4 Å². The highest BCUT2D eigenvalue weighted by atomic mass is 16.2. The Labute approximate surface area is 129 Å². The Bertz CT molecular complexity index is 673. The summed E-state index contributed by atoms with van der Waals surface area (Å²) in [5.41, 5.74) is 1.76. The molecule has 1 aliphatic heterocycles. The number of aryl methyl sites for hydroxylation is 1. The summed E-state index contributed by atoms with van der Waals surface area (Å²) in [5.74, 6) is 1.59. The van der Waals surface area contributed by atoms with E-state index in [-0.39, 0.29) is 11.9 Å². The lowest BCUT2D eigenvalue weighted by molar-refractivity contribution is -0.127. The van der Waals surface area contributed by atoms with E-state index in [9.17, 15) is 4.79 Å². The van der Waals surface area contributed by atoms with Gasteiger partial charge >= 0.3 is 0 Å². The minimum absolute atomic E-state index is 0.100. The van der Waals surface area contributed by atoms with Gasteiger partial charge in [0, 0.05) is 49.2 Å². The highest BCUT2D eigenvalue weighted by Gasteiger charge is 2.28. The fourth-order valence-corrected chi connectivity index (χ4v) is 2.65. The third-order valence-corrected chi connectivity index (χ3v) is 3.72. The normalized spacial score (nSPS) is 17.8. The molecule has 6 heteroatoms. The molecule has 6 nitrogen and oxygen atoms in total. The van der Waals surface area contributed by atoms with Crippen LogP contribution in [0.25, 0.3) is 11.4 Å². The molecule has 0 aromatic carbocycles. The maximum atomic E-state index is 11.8. The molecule has 0 aliphatic carbocycles. The van der Waals surface area contributed by atoms with Crippen molar-refractivity contribution in [2.45, 2.75) is 26.3 Å². The number of hydrogen-bond donors (Lipinski definition) is 1. The van der Waals surface area contributed by atoms with Gasteiger partial charge in [0.2, 0.25) is 5.91 Å². The Balaban J connectivity index is 1.80. The van der Waals surface area contributed by atoms with Gasteiger partial charge in [0.15, 0.2) is 5.82 Å². The van der Waals surface area contributed by atoms with Crippen molar-refractivity contribution in [1.29, 1.82) is 0 Å². The van der Waals surface area contributed by atoms with Crippen LogP contribution in [0.4, 0.5) is 5.82 Å². The first-order chi connectivity index (χ1) is 10.7. The molecular weight excluding hydrogens is 278 g/mol. The third kappa shape index (κ3) is 3.05. The van der Waals surface area contributed by atoms with E-state index in [1.165, 1.54) is 0 Å². The molecule has 1 aliphatic rings. The standard InChI is InChI=1S/C16H19N5O/c1-3-21-10-13(8-15(21)22)19-14-7-11(2)18-16(20-14)12-5-4-6-17-9-12/h4-7,9,13H,3,8,10H2,1-2H3,(H,18,19,20). The summed E-state index contributed by atoms with van der Waals surface area (Å²) < 4.78 is 0. The van der Waals surface area contributed by atoms with Crippen LogP contribution in [0.2, 0.25) is 0 Å². The maximum Gasteiger partial charge on any atom is 0.224 e. The van der Waals surface area contributed by atoms with Gasteiger partial charge in [0.1, 0.15) is 5.82 Å². The highest BCUT2D eigenvalue weighted by molar-refractivity contribution is 5.80. The summed E-state index contributed by atoms with van der Waals surface area (Å²) in [6.07, 6.45) is 3.98. The van der Waals surface area contributed by atoms with Crippen LogP contribution < -0.4 is 5.32 Å². The fourth-order valence-electron chi connectivity index (χ4n) is 2.65. The second kappa shape index (κ2) is 6.09. The monoisotopic (exact) mass is 297 g/mol. The van der Waals surface area contributed by atoms with Crippen molar-refractivity contribution in [1.82, 2.24) is 19.9 Å². The molecule has 22 heavy (non-hydrogen) atoms. The van der Waals surface area contributed by atoms with Gasteiger partial charge in [-0.15, -0.1) is 0 Å². The lowest BCUT2D eigenvalue weighted by Crippen LogP contribution is -2.27. The number of carbonyl (C=O) groups is 1. The van der Waals surface area contributed by atoms with Crippen molar-refractivity contribution < 1.29 is 4.79 Å². The van der Waals surface area contributed by atoms with Gasteiger partial charge in [-0.05, 0) is 26.0 Å². The Morgan fingerprint density at radius 2 is 2.27 bits per heavy atom. The van der Waals surface area contributed by atoms with E-state index >= 15 is 0 Å². The number of likely N-dealkylation sites (N-methyl/N-ethyl adjacent to an activating group) is 1. The maximum absolute atomic E-state index is 11.8. The van der Waals surface area contributed by atoms with E-state index in [4.69, 9.17) is 0 Å². The smallest absolute Gasteiger partial charge is 0.224 e. The Morgan fingerprint density at radius 3 is 2.95 bits per heavy atom. The van der Waals surface area contributed by atoms with Crippen LogP contribution in [0.5, 0.6) is 0 Å². The molecule has 1 saturated heterocycles. The van der Waals surface area contributed by atoms with Gasteiger partial charge in [0.05, 0.1) is 6.04 Å². The fraction of sp³-hybridized carbons (Fsp3) is 0.375. The van der Waals surface area contributed by atoms with Crippen molar-refractivity contribution in [2.24, 2.45) is 0 Å². The van der Waals surface area contributed by atoms with E-state index in [0.717, 1.165) is 30.2 Å². The number of likely N-dealkylation sites (tertiary alicyclic amines) is 1. The number of nitrogens with one attached hydrogen (secondary N) is 1. The Morgan fingerprint density at radius 1 is 1.41 bits per heavy atom. The van der Waals surface area contributed by atoms with Crippen molar-refractivity contribution in [3.8, 4) is 11.4 Å². The van der Waals surface area contributed by atoms with Crippen LogP contribution in [0.1, 0.15) is 19.0 Å². The summed E-state index contributed by atoms with van der Waals surface area (Å²) in [7, 11) is 0. The Kier molecular flexibility index (Phi) is 4.00. The third-order valence-electron chi connectivity index (χ3n) is 3.72. The number of pyridine rings is 1. The van der Waals surface area contributed by atoms with Crippen molar-refractivity contribution in [3.05, 3.63) is 36.3 Å². The molecule has 0 saturated carbocycles. The molecule has 1 N–H and O–H groups in total. The lowest BCUT2D eigenvalue weighted by atomic mass is 10.2. The quantitative estimate of drug-likeness (QED) is 0.933. The van der Waals surface area contributed by atoms with E-state index in [0.29, 0.717) is 12.2 Å². The molecule has 114 valence electrons. The first-order valence-corrected chi connectivity index (χ1v) is 7.46. The molecule has 0 radical (unpaired) electrons. The van der Waals surface area contributed by atoms with E-state index in [2.05, 4.69) is 20.3 Å². The van der Waals surface area contributed by atoms with Gasteiger partial charge in [-0.2, -0.15) is 0 Å². The van der Waals surface area contributed by atoms with Gasteiger partial charge in [0.25, 0.3) is 0 Å². The van der Waals surface area contributed by atoms with Crippen LogP contribution in [0, 0.1) is 6.92 Å². The minimum atomic E-state index is 0.100. The number of rotatable bonds is 4. The summed E-state index contributed by atoms with van der Waals surface area (Å²) in [6, 6.07) is 5.80. The van der Waals surface area contributed by atoms with Crippen molar-refractivity contribution >= 4 is 11.7 Å². The number of nitrogens with zero attached hydrogens (tertiary/aromatic N) is 4. The Hall–Kier alpha value is -2.50. The molecule has 1 atom stereocenters. The van der Waals surface area contributed by atoms with Gasteiger partial charge in [-0.3, -0.25) is 9.78 Å². The van der Waals surface area contributed by atoms with Crippen LogP contribution in [-0.2, 0) is 4.79 Å². The van der Waals surface area contributed by atoms with Crippen LogP contribution in [0.3, 0.4) is 0 Å². The summed E-state index contributed by atoms with van der Waals surface area (Å²) in [6.45, 7) is 5.40. The van der Waals surface area contributed by atoms with Crippen molar-refractivity contribution in [3.63, 3.8) is 0 Å². The largest absolute Gasteiger partial charge is 0.365 e. The van der Waals surface area contributed by atoms with E-state index in [1.54, 1.807) is 12.4 Å². The number of aromatic nitrogens is 3. The zero-order valence-corrected chi connectivity index (χ0v) is 12.8. The molecule has 2 aromatic heterocycles. The lowest BCUT2D eigenvalue weighted by Gasteiger charge is -2.15. The van der Waals surface area contributed by atoms with E-state index in [1.807, 2.05) is 36.9 Å². The molecule has 3 heterocycles. The molecule has 3 rings (SSSR count). The summed E-state index contributed by atoms with van der Waals surface area (Å²) in [5, 5.41) is 3.35.